The van der Waals surface area contributed by atoms with Gasteiger partial charge >= 0.3 is 0 Å². The Balaban J connectivity index is 1.94. The fraction of sp³-hybridized carbons (Fsp3) is 0.462. The third kappa shape index (κ3) is 1.80. The van der Waals surface area contributed by atoms with Crippen LogP contribution < -0.4 is 5.32 Å². The predicted octanol–water partition coefficient (Wildman–Crippen LogP) is 1.77. The van der Waals surface area contributed by atoms with Crippen molar-refractivity contribution in [3.63, 3.8) is 0 Å². The van der Waals surface area contributed by atoms with E-state index in [1.807, 2.05) is 12.1 Å². The van der Waals surface area contributed by atoms with Gasteiger partial charge in [0, 0.05) is 24.5 Å². The first-order valence-electron chi connectivity index (χ1n) is 6.29. The molecule has 0 radical (unpaired) electrons. The number of nitrogens with zero attached hydrogens (tertiary/aromatic N) is 3. The van der Waals surface area contributed by atoms with Gasteiger partial charge in [0.05, 0.1) is 5.41 Å². The van der Waals surface area contributed by atoms with Gasteiger partial charge in [0.15, 0.2) is 0 Å². The minimum Gasteiger partial charge on any atom is -0.338 e. The third-order valence-electron chi connectivity index (χ3n) is 3.74. The summed E-state index contributed by atoms with van der Waals surface area (Å²) in [5.41, 5.74) is 0.954. The van der Waals surface area contributed by atoms with Crippen molar-refractivity contribution in [2.24, 2.45) is 0 Å². The van der Waals surface area contributed by atoms with E-state index < -0.39 is 0 Å². The third-order valence-corrected chi connectivity index (χ3v) is 3.74. The molecule has 2 aromatic heterocycles. The monoisotopic (exact) mass is 244 g/mol. The fourth-order valence-corrected chi connectivity index (χ4v) is 2.44. The van der Waals surface area contributed by atoms with Gasteiger partial charge < -0.3 is 9.84 Å². The van der Waals surface area contributed by atoms with Crippen molar-refractivity contribution in [1.29, 1.82) is 0 Å². The Morgan fingerprint density at radius 1 is 1.39 bits per heavy atom. The average Bonchev–Trinajstić information content (AvgIpc) is 3.09. The van der Waals surface area contributed by atoms with Crippen LogP contribution in [-0.4, -0.2) is 28.2 Å². The van der Waals surface area contributed by atoms with Crippen LogP contribution in [0.2, 0.25) is 0 Å². The molecule has 3 rings (SSSR count). The van der Waals surface area contributed by atoms with Crippen molar-refractivity contribution in [3.05, 3.63) is 30.4 Å². The summed E-state index contributed by atoms with van der Waals surface area (Å²) >= 11 is 0. The zero-order valence-corrected chi connectivity index (χ0v) is 10.4. The van der Waals surface area contributed by atoms with Gasteiger partial charge in [-0.15, -0.1) is 0 Å². The summed E-state index contributed by atoms with van der Waals surface area (Å²) in [4.78, 5) is 8.55. The van der Waals surface area contributed by atoms with Crippen LogP contribution in [0.4, 0.5) is 0 Å². The van der Waals surface area contributed by atoms with E-state index in [1.165, 1.54) is 0 Å². The maximum Gasteiger partial charge on any atom is 0.234 e. The van der Waals surface area contributed by atoms with Crippen molar-refractivity contribution < 1.29 is 4.52 Å². The molecule has 0 aromatic carbocycles. The van der Waals surface area contributed by atoms with Crippen molar-refractivity contribution in [1.82, 2.24) is 20.4 Å². The molecule has 1 aliphatic rings. The Bertz CT molecular complexity index is 517. The Morgan fingerprint density at radius 2 is 2.22 bits per heavy atom. The molecule has 0 amide bonds. The summed E-state index contributed by atoms with van der Waals surface area (Å²) in [5, 5.41) is 7.46. The number of aromatic nitrogens is 3. The van der Waals surface area contributed by atoms with Crippen LogP contribution in [-0.2, 0) is 5.41 Å². The first-order chi connectivity index (χ1) is 8.84. The molecule has 3 heterocycles. The molecule has 0 spiro atoms. The zero-order chi connectivity index (χ0) is 12.4. The molecule has 94 valence electrons. The highest BCUT2D eigenvalue weighted by molar-refractivity contribution is 5.52. The van der Waals surface area contributed by atoms with E-state index in [9.17, 15) is 0 Å². The van der Waals surface area contributed by atoms with Gasteiger partial charge in [-0.3, -0.25) is 4.98 Å². The van der Waals surface area contributed by atoms with E-state index in [-0.39, 0.29) is 5.41 Å². The summed E-state index contributed by atoms with van der Waals surface area (Å²) in [6.07, 6.45) is 5.54. The molecule has 0 bridgehead atoms. The van der Waals surface area contributed by atoms with Gasteiger partial charge in [0.1, 0.15) is 0 Å². The van der Waals surface area contributed by atoms with Crippen LogP contribution in [0.5, 0.6) is 0 Å². The van der Waals surface area contributed by atoms with Crippen LogP contribution in [0.3, 0.4) is 0 Å². The smallest absolute Gasteiger partial charge is 0.234 e. The van der Waals surface area contributed by atoms with Crippen LogP contribution in [0.15, 0.2) is 29.0 Å². The Kier molecular flexibility index (Phi) is 2.83. The van der Waals surface area contributed by atoms with E-state index >= 15 is 0 Å². The number of nitrogens with one attached hydrogen (secondary N) is 1. The topological polar surface area (TPSA) is 63.8 Å². The van der Waals surface area contributed by atoms with Crippen LogP contribution in [0.25, 0.3) is 11.4 Å². The van der Waals surface area contributed by atoms with Crippen LogP contribution in [0, 0.1) is 0 Å². The lowest BCUT2D eigenvalue weighted by atomic mass is 9.84. The standard InChI is InChI=1S/C13H16N4O/c1-2-13(5-8-15-9-13)12-16-11(17-18-12)10-3-6-14-7-4-10/h3-4,6-7,15H,2,5,8-9H2,1H3. The fourth-order valence-electron chi connectivity index (χ4n) is 2.44. The van der Waals surface area contributed by atoms with Crippen molar-refractivity contribution in [2.75, 3.05) is 13.1 Å². The van der Waals surface area contributed by atoms with Gasteiger partial charge in [-0.2, -0.15) is 4.98 Å². The average molecular weight is 244 g/mol. The normalized spacial score (nSPS) is 23.4. The van der Waals surface area contributed by atoms with Gasteiger partial charge in [0.2, 0.25) is 11.7 Å². The number of hydrogen-bond donors (Lipinski definition) is 1. The highest BCUT2D eigenvalue weighted by Crippen LogP contribution is 2.33. The maximum absolute atomic E-state index is 5.48. The number of pyridine rings is 1. The van der Waals surface area contributed by atoms with Crippen molar-refractivity contribution in [2.45, 2.75) is 25.2 Å². The highest BCUT2D eigenvalue weighted by atomic mass is 16.5. The molecule has 2 aromatic rings. The van der Waals surface area contributed by atoms with Crippen molar-refractivity contribution in [3.8, 4) is 11.4 Å². The van der Waals surface area contributed by atoms with E-state index in [0.717, 1.165) is 37.4 Å². The molecule has 5 nitrogen and oxygen atoms in total. The minimum absolute atomic E-state index is 0.0122. The summed E-state index contributed by atoms with van der Waals surface area (Å²) < 4.78 is 5.48. The molecule has 1 aliphatic heterocycles. The minimum atomic E-state index is 0.0122. The molecule has 1 saturated heterocycles. The summed E-state index contributed by atoms with van der Waals surface area (Å²) in [6, 6.07) is 3.78. The van der Waals surface area contributed by atoms with E-state index in [4.69, 9.17) is 4.52 Å². The zero-order valence-electron chi connectivity index (χ0n) is 10.4. The molecule has 0 saturated carbocycles. The molecule has 1 N–H and O–H groups in total. The SMILES string of the molecule is CCC1(c2nc(-c3ccncc3)no2)CCNC1. The molecule has 1 fully saturated rings. The largest absolute Gasteiger partial charge is 0.338 e. The molecule has 1 atom stereocenters. The Hall–Kier alpha value is -1.75. The summed E-state index contributed by atoms with van der Waals surface area (Å²) in [5.74, 6) is 1.40. The molecular formula is C13H16N4O. The number of hydrogen-bond acceptors (Lipinski definition) is 5. The Morgan fingerprint density at radius 3 is 2.89 bits per heavy atom. The van der Waals surface area contributed by atoms with Crippen LogP contribution in [0.1, 0.15) is 25.7 Å². The van der Waals surface area contributed by atoms with Gasteiger partial charge in [-0.05, 0) is 31.5 Å². The van der Waals surface area contributed by atoms with Gasteiger partial charge in [-0.1, -0.05) is 12.1 Å². The second-order valence-corrected chi connectivity index (χ2v) is 4.72. The second-order valence-electron chi connectivity index (χ2n) is 4.72. The Labute approximate surface area is 106 Å². The van der Waals surface area contributed by atoms with Gasteiger partial charge in [0.25, 0.3) is 0 Å². The van der Waals surface area contributed by atoms with E-state index in [1.54, 1.807) is 12.4 Å². The lowest BCUT2D eigenvalue weighted by molar-refractivity contribution is 0.285. The predicted molar refractivity (Wildman–Crippen MR) is 67.0 cm³/mol. The molecule has 1 unspecified atom stereocenters. The second kappa shape index (κ2) is 4.49. The molecule has 18 heavy (non-hydrogen) atoms. The van der Waals surface area contributed by atoms with E-state index in [0.29, 0.717) is 5.82 Å². The lowest BCUT2D eigenvalue weighted by Gasteiger charge is -2.20. The quantitative estimate of drug-likeness (QED) is 0.891. The molecular weight excluding hydrogens is 228 g/mol. The van der Waals surface area contributed by atoms with Gasteiger partial charge in [-0.25, -0.2) is 0 Å². The van der Waals surface area contributed by atoms with Crippen molar-refractivity contribution >= 4 is 0 Å². The molecule has 0 aliphatic carbocycles. The lowest BCUT2D eigenvalue weighted by Crippen LogP contribution is -2.28. The van der Waals surface area contributed by atoms with Crippen LogP contribution >= 0.6 is 0 Å². The van der Waals surface area contributed by atoms with E-state index in [2.05, 4.69) is 27.4 Å². The molecule has 5 heteroatoms. The number of rotatable bonds is 3. The summed E-state index contributed by atoms with van der Waals surface area (Å²) in [6.45, 7) is 4.10. The highest BCUT2D eigenvalue weighted by Gasteiger charge is 2.39. The summed E-state index contributed by atoms with van der Waals surface area (Å²) in [7, 11) is 0. The maximum atomic E-state index is 5.48. The first-order valence-corrected chi connectivity index (χ1v) is 6.29. The first kappa shape index (κ1) is 11.3.